The number of hydrogen-bond donors (Lipinski definition) is 2. The summed E-state index contributed by atoms with van der Waals surface area (Å²) in [7, 11) is -4.02. The minimum atomic E-state index is -4.02. The van der Waals surface area contributed by atoms with Crippen molar-refractivity contribution in [2.45, 2.75) is 12.0 Å². The van der Waals surface area contributed by atoms with E-state index in [0.29, 0.717) is 5.56 Å². The molecule has 2 aromatic rings. The van der Waals surface area contributed by atoms with Gasteiger partial charge in [-0.3, -0.25) is 4.72 Å². The largest absolute Gasteiger partial charge is 0.475 e. The molecule has 0 fully saturated rings. The Balaban J connectivity index is 2.30. The van der Waals surface area contributed by atoms with E-state index in [9.17, 15) is 13.2 Å². The van der Waals surface area contributed by atoms with Gasteiger partial charge < -0.3 is 9.52 Å². The van der Waals surface area contributed by atoms with Gasteiger partial charge in [0.1, 0.15) is 5.15 Å². The molecular weight excluding hydrogens is 308 g/mol. The maximum Gasteiger partial charge on any atom is 0.371 e. The number of carboxylic acids is 1. The third-order valence-electron chi connectivity index (χ3n) is 2.32. The lowest BCUT2D eigenvalue weighted by molar-refractivity contribution is 0.0656. The van der Waals surface area contributed by atoms with Crippen LogP contribution in [0.1, 0.15) is 16.1 Å². The van der Waals surface area contributed by atoms with Gasteiger partial charge in [0.2, 0.25) is 10.9 Å². The molecule has 0 aromatic carbocycles. The fraction of sp³-hybridized carbons (Fsp3) is 0.0909. The number of halogens is 1. The summed E-state index contributed by atoms with van der Waals surface area (Å²) in [5.41, 5.74) is 0.790. The molecule has 0 saturated carbocycles. The average Bonchev–Trinajstić information content (AvgIpc) is 2.84. The first-order valence-corrected chi connectivity index (χ1v) is 7.14. The van der Waals surface area contributed by atoms with Crippen LogP contribution in [0.4, 0.5) is 5.69 Å². The van der Waals surface area contributed by atoms with Crippen LogP contribution >= 0.6 is 11.6 Å². The second-order valence-corrected chi connectivity index (χ2v) is 5.83. The van der Waals surface area contributed by atoms with Crippen molar-refractivity contribution in [3.63, 3.8) is 0 Å². The molecule has 0 aliphatic carbocycles. The van der Waals surface area contributed by atoms with Crippen molar-refractivity contribution in [1.82, 2.24) is 4.98 Å². The molecule has 0 radical (unpaired) electrons. The van der Waals surface area contributed by atoms with Crippen molar-refractivity contribution in [2.75, 3.05) is 4.72 Å². The second kappa shape index (κ2) is 5.14. The van der Waals surface area contributed by atoms with Crippen LogP contribution in [-0.2, 0) is 10.0 Å². The number of aromatic carboxylic acids is 1. The molecule has 9 heteroatoms. The van der Waals surface area contributed by atoms with Crippen LogP contribution in [-0.4, -0.2) is 24.5 Å². The highest BCUT2D eigenvalue weighted by atomic mass is 35.5. The van der Waals surface area contributed by atoms with E-state index in [-0.39, 0.29) is 10.8 Å². The van der Waals surface area contributed by atoms with Gasteiger partial charge in [-0.2, -0.15) is 8.42 Å². The molecule has 0 amide bonds. The van der Waals surface area contributed by atoms with Crippen LogP contribution in [0.3, 0.4) is 0 Å². The predicted octanol–water partition coefficient (Wildman–Crippen LogP) is 2.14. The highest BCUT2D eigenvalue weighted by molar-refractivity contribution is 7.92. The minimum absolute atomic E-state index is 0.195. The van der Waals surface area contributed by atoms with Gasteiger partial charge >= 0.3 is 5.97 Å². The summed E-state index contributed by atoms with van der Waals surface area (Å²) in [6, 6.07) is 3.61. The number of carbonyl (C=O) groups is 1. The molecule has 106 valence electrons. The number of pyridine rings is 1. The lowest BCUT2D eigenvalue weighted by atomic mass is 10.3. The topological polar surface area (TPSA) is 110 Å². The van der Waals surface area contributed by atoms with Gasteiger partial charge in [0, 0.05) is 0 Å². The fourth-order valence-corrected chi connectivity index (χ4v) is 2.47. The van der Waals surface area contributed by atoms with Gasteiger partial charge in [0.25, 0.3) is 10.0 Å². The number of hydrogen-bond acceptors (Lipinski definition) is 5. The number of sulfonamides is 1. The van der Waals surface area contributed by atoms with Gasteiger partial charge in [-0.1, -0.05) is 11.6 Å². The zero-order valence-electron chi connectivity index (χ0n) is 10.1. The average molecular weight is 317 g/mol. The number of aryl methyl sites for hydroxylation is 1. The summed E-state index contributed by atoms with van der Waals surface area (Å²) in [6.45, 7) is 1.67. The van der Waals surface area contributed by atoms with Gasteiger partial charge in [-0.15, -0.1) is 0 Å². The fourth-order valence-electron chi connectivity index (χ4n) is 1.40. The standard InChI is InChI=1S/C11H9ClN2O5S/c1-6-4-7(5-13-10(6)12)14-20(17,18)9-3-2-8(19-9)11(15)16/h2-5,14H,1H3,(H,15,16). The first-order chi connectivity index (χ1) is 9.29. The SMILES string of the molecule is Cc1cc(NS(=O)(=O)c2ccc(C(=O)O)o2)cnc1Cl. The molecule has 0 unspecified atom stereocenters. The quantitative estimate of drug-likeness (QED) is 0.836. The van der Waals surface area contributed by atoms with E-state index in [0.717, 1.165) is 12.1 Å². The molecule has 2 rings (SSSR count). The number of carboxylic acid groups (broad SMARTS) is 1. The van der Waals surface area contributed by atoms with Gasteiger partial charge in [0.15, 0.2) is 0 Å². The van der Waals surface area contributed by atoms with E-state index in [1.165, 1.54) is 12.3 Å². The maximum absolute atomic E-state index is 12.0. The molecule has 0 aliphatic rings. The molecule has 2 aromatic heterocycles. The lowest BCUT2D eigenvalue weighted by Gasteiger charge is -2.06. The van der Waals surface area contributed by atoms with Gasteiger partial charge in [0.05, 0.1) is 11.9 Å². The predicted molar refractivity (Wildman–Crippen MR) is 70.5 cm³/mol. The first kappa shape index (κ1) is 14.4. The molecular formula is C11H9ClN2O5S. The maximum atomic E-state index is 12.0. The van der Waals surface area contributed by atoms with E-state index in [1.54, 1.807) is 6.92 Å². The van der Waals surface area contributed by atoms with Crippen LogP contribution in [0.5, 0.6) is 0 Å². The molecule has 0 spiro atoms. The number of nitrogens with zero attached hydrogens (tertiary/aromatic N) is 1. The Morgan fingerprint density at radius 1 is 1.45 bits per heavy atom. The molecule has 0 aliphatic heterocycles. The zero-order chi connectivity index (χ0) is 14.9. The van der Waals surface area contributed by atoms with E-state index < -0.39 is 26.8 Å². The molecule has 7 nitrogen and oxygen atoms in total. The molecule has 0 saturated heterocycles. The smallest absolute Gasteiger partial charge is 0.371 e. The molecule has 20 heavy (non-hydrogen) atoms. The summed E-state index contributed by atoms with van der Waals surface area (Å²) in [4.78, 5) is 14.5. The number of nitrogens with one attached hydrogen (secondary N) is 1. The van der Waals surface area contributed by atoms with Crippen LogP contribution in [0, 0.1) is 6.92 Å². The van der Waals surface area contributed by atoms with Crippen LogP contribution in [0.25, 0.3) is 0 Å². The highest BCUT2D eigenvalue weighted by Gasteiger charge is 2.21. The Kier molecular flexibility index (Phi) is 3.69. The zero-order valence-corrected chi connectivity index (χ0v) is 11.7. The molecule has 2 heterocycles. The Hall–Kier alpha value is -2.06. The van der Waals surface area contributed by atoms with Crippen LogP contribution in [0.15, 0.2) is 33.9 Å². The molecule has 0 bridgehead atoms. The van der Waals surface area contributed by atoms with Crippen molar-refractivity contribution in [3.8, 4) is 0 Å². The summed E-state index contributed by atoms with van der Waals surface area (Å²) >= 11 is 5.73. The number of rotatable bonds is 4. The normalized spacial score (nSPS) is 11.3. The molecule has 2 N–H and O–H groups in total. The van der Waals surface area contributed by atoms with Crippen LogP contribution in [0.2, 0.25) is 5.15 Å². The Morgan fingerprint density at radius 3 is 2.70 bits per heavy atom. The number of furan rings is 1. The van der Waals surface area contributed by atoms with E-state index >= 15 is 0 Å². The third-order valence-corrected chi connectivity index (χ3v) is 3.97. The Morgan fingerprint density at radius 2 is 2.15 bits per heavy atom. The van der Waals surface area contributed by atoms with Crippen molar-refractivity contribution in [2.24, 2.45) is 0 Å². The summed E-state index contributed by atoms with van der Waals surface area (Å²) in [6.07, 6.45) is 1.24. The van der Waals surface area contributed by atoms with Crippen molar-refractivity contribution in [1.29, 1.82) is 0 Å². The summed E-state index contributed by atoms with van der Waals surface area (Å²) in [5, 5.41) is 8.45. The first-order valence-electron chi connectivity index (χ1n) is 5.28. The Labute approximate surface area is 119 Å². The minimum Gasteiger partial charge on any atom is -0.475 e. The van der Waals surface area contributed by atoms with E-state index in [4.69, 9.17) is 21.1 Å². The van der Waals surface area contributed by atoms with Crippen molar-refractivity contribution >= 4 is 33.3 Å². The summed E-state index contributed by atoms with van der Waals surface area (Å²) < 4.78 is 30.9. The van der Waals surface area contributed by atoms with Crippen molar-refractivity contribution in [3.05, 3.63) is 40.9 Å². The monoisotopic (exact) mass is 316 g/mol. The lowest BCUT2D eigenvalue weighted by Crippen LogP contribution is -2.12. The third kappa shape index (κ3) is 2.91. The van der Waals surface area contributed by atoms with Crippen molar-refractivity contribution < 1.29 is 22.7 Å². The van der Waals surface area contributed by atoms with E-state index in [1.807, 2.05) is 0 Å². The second-order valence-electron chi connectivity index (χ2n) is 3.86. The molecule has 0 atom stereocenters. The van der Waals surface area contributed by atoms with Gasteiger partial charge in [-0.25, -0.2) is 9.78 Å². The number of anilines is 1. The Bertz CT molecular complexity index is 769. The van der Waals surface area contributed by atoms with E-state index in [2.05, 4.69) is 9.71 Å². The highest BCUT2D eigenvalue weighted by Crippen LogP contribution is 2.21. The summed E-state index contributed by atoms with van der Waals surface area (Å²) in [5.74, 6) is -1.81. The number of aromatic nitrogens is 1. The van der Waals surface area contributed by atoms with Gasteiger partial charge in [-0.05, 0) is 30.7 Å². The van der Waals surface area contributed by atoms with Crippen LogP contribution < -0.4 is 4.72 Å².